The van der Waals surface area contributed by atoms with Crippen LogP contribution in [-0.4, -0.2) is 62.0 Å². The first kappa shape index (κ1) is 26.0. The summed E-state index contributed by atoms with van der Waals surface area (Å²) in [5.41, 5.74) is 2.09. The van der Waals surface area contributed by atoms with Gasteiger partial charge >= 0.3 is 0 Å². The van der Waals surface area contributed by atoms with Crippen LogP contribution in [0.4, 0.5) is 15.9 Å². The lowest BCUT2D eigenvalue weighted by Gasteiger charge is -2.46. The maximum absolute atomic E-state index is 14.2. The average molecular weight is 543 g/mol. The molecule has 3 N–H and O–H groups in total. The number of allylic oxidation sites excluding steroid dienone is 1. The molecule has 2 saturated heterocycles. The zero-order valence-electron chi connectivity index (χ0n) is 19.4. The van der Waals surface area contributed by atoms with Gasteiger partial charge in [-0.25, -0.2) is 14.5 Å². The van der Waals surface area contributed by atoms with Gasteiger partial charge in [-0.2, -0.15) is 8.42 Å². The van der Waals surface area contributed by atoms with Crippen molar-refractivity contribution >= 4 is 44.9 Å². The van der Waals surface area contributed by atoms with E-state index >= 15 is 0 Å². The average Bonchev–Trinajstić information content (AvgIpc) is 2.80. The Morgan fingerprint density at radius 1 is 1.20 bits per heavy atom. The van der Waals surface area contributed by atoms with E-state index < -0.39 is 10.2 Å². The van der Waals surface area contributed by atoms with Crippen LogP contribution in [0.1, 0.15) is 25.3 Å². The van der Waals surface area contributed by atoms with Crippen LogP contribution >= 0.6 is 23.2 Å². The van der Waals surface area contributed by atoms with Gasteiger partial charge in [0.05, 0.1) is 23.5 Å². The Hall–Kier alpha value is -2.11. The Kier molecular flexibility index (Phi) is 8.07. The predicted octanol–water partition coefficient (Wildman–Crippen LogP) is 3.83. The smallest absolute Gasteiger partial charge is 0.296 e. The van der Waals surface area contributed by atoms with Gasteiger partial charge in [0.25, 0.3) is 10.2 Å². The van der Waals surface area contributed by atoms with E-state index in [1.165, 1.54) is 24.0 Å². The summed E-state index contributed by atoms with van der Waals surface area (Å²) in [6, 6.07) is 6.79. The van der Waals surface area contributed by atoms with Crippen molar-refractivity contribution in [2.24, 2.45) is 5.14 Å². The standard InChI is InChI=1S/C23H29Cl2FN6O2S/c1-2-19-15-31(23-21(25)12-18(13-28-23)29-35(27,33)34)9-10-32(19)20-5-7-30(8-6-20)14-16-3-4-17(24)11-22(16)26/h2-4,11-13,20,29H,5-10,14-15H2,1H3,(H2,27,33,34)/b19-2+. The largest absolute Gasteiger partial charge is 0.369 e. The number of nitrogens with two attached hydrogens (primary N) is 1. The van der Waals surface area contributed by atoms with Crippen LogP contribution < -0.4 is 14.8 Å². The summed E-state index contributed by atoms with van der Waals surface area (Å²) in [7, 11) is -3.90. The fourth-order valence-corrected chi connectivity index (χ4v) is 5.64. The molecular formula is C23H29Cl2FN6O2S. The van der Waals surface area contributed by atoms with Crippen molar-refractivity contribution in [2.75, 3.05) is 42.3 Å². The quantitative estimate of drug-likeness (QED) is 0.575. The van der Waals surface area contributed by atoms with Crippen molar-refractivity contribution < 1.29 is 12.8 Å². The van der Waals surface area contributed by atoms with E-state index in [1.807, 2.05) is 6.92 Å². The highest BCUT2D eigenvalue weighted by atomic mass is 35.5. The van der Waals surface area contributed by atoms with E-state index in [0.29, 0.717) is 40.6 Å². The molecule has 0 saturated carbocycles. The minimum absolute atomic E-state index is 0.219. The van der Waals surface area contributed by atoms with Gasteiger partial charge in [-0.15, -0.1) is 0 Å². The number of halogens is 3. The molecule has 190 valence electrons. The van der Waals surface area contributed by atoms with Gasteiger partial charge in [0.1, 0.15) is 11.6 Å². The second-order valence-corrected chi connectivity index (χ2v) is 11.0. The van der Waals surface area contributed by atoms with E-state index in [2.05, 4.69) is 30.5 Å². The van der Waals surface area contributed by atoms with Gasteiger partial charge in [0.15, 0.2) is 0 Å². The first-order valence-corrected chi connectivity index (χ1v) is 13.7. The summed E-state index contributed by atoms with van der Waals surface area (Å²) in [5, 5.41) is 5.79. The highest BCUT2D eigenvalue weighted by Gasteiger charge is 2.30. The van der Waals surface area contributed by atoms with Crippen LogP contribution in [0.5, 0.6) is 0 Å². The van der Waals surface area contributed by atoms with Gasteiger partial charge in [-0.05, 0) is 38.0 Å². The Bertz CT molecular complexity index is 1200. The number of piperidine rings is 1. The number of piperazine rings is 1. The third-order valence-electron chi connectivity index (χ3n) is 6.45. The normalized spacial score (nSPS) is 19.4. The molecule has 2 aromatic rings. The molecule has 0 atom stereocenters. The van der Waals surface area contributed by atoms with E-state index in [0.717, 1.165) is 39.0 Å². The van der Waals surface area contributed by atoms with Crippen LogP contribution in [0.25, 0.3) is 0 Å². The SMILES string of the molecule is C/C=C1\CN(c2ncc(NS(N)(=O)=O)cc2Cl)CCN1C1CCN(Cc2ccc(Cl)cc2F)CC1. The molecule has 0 radical (unpaired) electrons. The van der Waals surface area contributed by atoms with E-state index in [9.17, 15) is 12.8 Å². The Balaban J connectivity index is 1.35. The molecule has 0 aliphatic carbocycles. The fourth-order valence-electron chi connectivity index (χ4n) is 4.76. The molecule has 8 nitrogen and oxygen atoms in total. The fraction of sp³-hybridized carbons (Fsp3) is 0.435. The molecule has 0 bridgehead atoms. The summed E-state index contributed by atoms with van der Waals surface area (Å²) in [4.78, 5) is 11.2. The van der Waals surface area contributed by atoms with Crippen molar-refractivity contribution in [1.82, 2.24) is 14.8 Å². The van der Waals surface area contributed by atoms with Crippen molar-refractivity contribution in [1.29, 1.82) is 0 Å². The van der Waals surface area contributed by atoms with E-state index in [1.54, 1.807) is 12.1 Å². The maximum atomic E-state index is 14.2. The summed E-state index contributed by atoms with van der Waals surface area (Å²) in [6.45, 7) is 6.62. The van der Waals surface area contributed by atoms with Crippen LogP contribution in [0.15, 0.2) is 42.2 Å². The molecule has 4 rings (SSSR count). The minimum Gasteiger partial charge on any atom is -0.369 e. The van der Waals surface area contributed by atoms with Gasteiger partial charge in [0.2, 0.25) is 0 Å². The molecule has 35 heavy (non-hydrogen) atoms. The molecular weight excluding hydrogens is 514 g/mol. The number of hydrogen-bond acceptors (Lipinski definition) is 6. The first-order chi connectivity index (χ1) is 16.6. The van der Waals surface area contributed by atoms with Crippen LogP contribution in [0, 0.1) is 5.82 Å². The van der Waals surface area contributed by atoms with Crippen molar-refractivity contribution in [3.63, 3.8) is 0 Å². The Labute approximate surface area is 215 Å². The Morgan fingerprint density at radius 3 is 2.57 bits per heavy atom. The zero-order valence-corrected chi connectivity index (χ0v) is 21.8. The predicted molar refractivity (Wildman–Crippen MR) is 138 cm³/mol. The topological polar surface area (TPSA) is 94.8 Å². The summed E-state index contributed by atoms with van der Waals surface area (Å²) >= 11 is 12.3. The summed E-state index contributed by atoms with van der Waals surface area (Å²) < 4.78 is 38.9. The van der Waals surface area contributed by atoms with Crippen molar-refractivity contribution in [3.8, 4) is 0 Å². The van der Waals surface area contributed by atoms with Crippen LogP contribution in [0.2, 0.25) is 10.0 Å². The maximum Gasteiger partial charge on any atom is 0.296 e. The van der Waals surface area contributed by atoms with E-state index in [4.69, 9.17) is 28.3 Å². The molecule has 1 aromatic heterocycles. The molecule has 0 spiro atoms. The van der Waals surface area contributed by atoms with Crippen LogP contribution in [0.3, 0.4) is 0 Å². The second-order valence-electron chi connectivity index (χ2n) is 8.81. The molecule has 2 aliphatic heterocycles. The summed E-state index contributed by atoms with van der Waals surface area (Å²) in [5.74, 6) is 0.345. The number of nitrogens with one attached hydrogen (secondary N) is 1. The number of likely N-dealkylation sites (tertiary alicyclic amines) is 1. The van der Waals surface area contributed by atoms with Gasteiger partial charge in [-0.1, -0.05) is 35.3 Å². The van der Waals surface area contributed by atoms with Crippen molar-refractivity contribution in [3.05, 3.63) is 63.7 Å². The third-order valence-corrected chi connectivity index (χ3v) is 7.49. The number of aromatic nitrogens is 1. The molecule has 1 aromatic carbocycles. The molecule has 0 unspecified atom stereocenters. The van der Waals surface area contributed by atoms with Gasteiger partial charge in [0, 0.05) is 55.0 Å². The first-order valence-electron chi connectivity index (χ1n) is 11.4. The van der Waals surface area contributed by atoms with Crippen molar-refractivity contribution in [2.45, 2.75) is 32.4 Å². The number of anilines is 2. The van der Waals surface area contributed by atoms with E-state index in [-0.39, 0.29) is 11.5 Å². The number of pyridine rings is 1. The monoisotopic (exact) mass is 542 g/mol. The highest BCUT2D eigenvalue weighted by Crippen LogP contribution is 2.31. The molecule has 2 aliphatic rings. The highest BCUT2D eigenvalue weighted by molar-refractivity contribution is 7.90. The minimum atomic E-state index is -3.90. The second kappa shape index (κ2) is 10.9. The molecule has 0 amide bonds. The third kappa shape index (κ3) is 6.56. The Morgan fingerprint density at radius 2 is 1.94 bits per heavy atom. The lowest BCUT2D eigenvalue weighted by Crippen LogP contribution is -2.52. The van der Waals surface area contributed by atoms with Gasteiger partial charge < -0.3 is 9.80 Å². The number of rotatable bonds is 6. The van der Waals surface area contributed by atoms with Gasteiger partial charge in [-0.3, -0.25) is 9.62 Å². The van der Waals surface area contributed by atoms with Crippen LogP contribution in [-0.2, 0) is 16.8 Å². The number of benzene rings is 1. The summed E-state index contributed by atoms with van der Waals surface area (Å²) in [6.07, 6.45) is 5.53. The molecule has 2 fully saturated rings. The molecule has 3 heterocycles. The lowest BCUT2D eigenvalue weighted by atomic mass is 10.00. The number of nitrogens with zero attached hydrogens (tertiary/aromatic N) is 4. The number of hydrogen-bond donors (Lipinski definition) is 2. The lowest BCUT2D eigenvalue weighted by molar-refractivity contribution is 0.122. The zero-order chi connectivity index (χ0) is 25.2. The molecule has 12 heteroatoms.